The zero-order valence-electron chi connectivity index (χ0n) is 15.7. The first-order valence-electron chi connectivity index (χ1n) is 9.08. The predicted molar refractivity (Wildman–Crippen MR) is 106 cm³/mol. The summed E-state index contributed by atoms with van der Waals surface area (Å²) >= 11 is 0. The molecule has 0 unspecified atom stereocenters. The molecule has 4 rings (SSSR count). The Balaban J connectivity index is 1.86. The van der Waals surface area contributed by atoms with E-state index in [1.165, 1.54) is 5.56 Å². The van der Waals surface area contributed by atoms with Gasteiger partial charge in [-0.15, -0.1) is 5.10 Å². The number of aromatic nitrogens is 2. The van der Waals surface area contributed by atoms with Gasteiger partial charge in [0.15, 0.2) is 0 Å². The van der Waals surface area contributed by atoms with Crippen LogP contribution < -0.4 is 15.2 Å². The third-order valence-electron chi connectivity index (χ3n) is 4.80. The minimum Gasteiger partial charge on any atom is -0.494 e. The maximum Gasteiger partial charge on any atom is 0.244 e. The molecule has 3 aromatic rings. The Morgan fingerprint density at radius 1 is 1.18 bits per heavy atom. The monoisotopic (exact) mass is 372 g/mol. The molecular formula is C22H20N4O2. The molecule has 0 saturated heterocycles. The summed E-state index contributed by atoms with van der Waals surface area (Å²) < 4.78 is 11.2. The normalized spacial score (nSPS) is 15.5. The van der Waals surface area contributed by atoms with Crippen LogP contribution in [0.3, 0.4) is 0 Å². The highest BCUT2D eigenvalue weighted by Crippen LogP contribution is 2.45. The number of nitrogens with zero attached hydrogens (tertiary/aromatic N) is 2. The summed E-state index contributed by atoms with van der Waals surface area (Å²) in [5.74, 6) is 0.876. The molecule has 0 spiro atoms. The van der Waals surface area contributed by atoms with Gasteiger partial charge >= 0.3 is 0 Å². The number of nitriles is 1. The second-order valence-corrected chi connectivity index (χ2v) is 6.61. The largest absolute Gasteiger partial charge is 0.494 e. The highest BCUT2D eigenvalue weighted by Gasteiger charge is 2.35. The zero-order chi connectivity index (χ0) is 19.7. The van der Waals surface area contributed by atoms with Crippen LogP contribution in [0, 0.1) is 18.3 Å². The quantitative estimate of drug-likeness (QED) is 0.721. The van der Waals surface area contributed by atoms with Crippen molar-refractivity contribution in [2.24, 2.45) is 5.73 Å². The fourth-order valence-corrected chi connectivity index (χ4v) is 3.44. The molecule has 0 bridgehead atoms. The van der Waals surface area contributed by atoms with Crippen molar-refractivity contribution in [1.82, 2.24) is 10.2 Å². The molecule has 1 aromatic heterocycles. The molecule has 140 valence electrons. The van der Waals surface area contributed by atoms with Crippen molar-refractivity contribution in [3.63, 3.8) is 0 Å². The Hall–Kier alpha value is -3.72. The lowest BCUT2D eigenvalue weighted by Gasteiger charge is -2.24. The molecule has 6 nitrogen and oxygen atoms in total. The first kappa shape index (κ1) is 17.7. The SMILES string of the molecule is CCOc1ccc([C@H]2C(C#N)=C(N)Oc3n[nH]c(-c4ccc(C)cc4)c32)cc1. The molecule has 0 fully saturated rings. The van der Waals surface area contributed by atoms with Gasteiger partial charge in [0, 0.05) is 5.56 Å². The molecule has 2 aromatic carbocycles. The predicted octanol–water partition coefficient (Wildman–Crippen LogP) is 4.00. The lowest BCUT2D eigenvalue weighted by molar-refractivity contribution is 0.340. The fourth-order valence-electron chi connectivity index (χ4n) is 3.44. The van der Waals surface area contributed by atoms with Gasteiger partial charge in [0.2, 0.25) is 11.8 Å². The van der Waals surface area contributed by atoms with Gasteiger partial charge in [0.1, 0.15) is 17.4 Å². The van der Waals surface area contributed by atoms with Crippen molar-refractivity contribution in [3.05, 3.63) is 76.7 Å². The van der Waals surface area contributed by atoms with Gasteiger partial charge in [-0.25, -0.2) is 0 Å². The van der Waals surface area contributed by atoms with E-state index in [9.17, 15) is 5.26 Å². The van der Waals surface area contributed by atoms with E-state index in [0.29, 0.717) is 18.1 Å². The number of benzene rings is 2. The lowest BCUT2D eigenvalue weighted by atomic mass is 9.83. The molecule has 2 heterocycles. The Kier molecular flexibility index (Phi) is 4.50. The van der Waals surface area contributed by atoms with E-state index in [-0.39, 0.29) is 11.8 Å². The van der Waals surface area contributed by atoms with Crippen LogP contribution in [0.1, 0.15) is 29.5 Å². The number of aryl methyl sites for hydroxylation is 1. The van der Waals surface area contributed by atoms with E-state index in [2.05, 4.69) is 16.3 Å². The molecule has 0 aliphatic carbocycles. The molecule has 28 heavy (non-hydrogen) atoms. The van der Waals surface area contributed by atoms with Crippen LogP contribution >= 0.6 is 0 Å². The number of H-pyrrole nitrogens is 1. The number of nitrogens with one attached hydrogen (secondary N) is 1. The molecule has 6 heteroatoms. The summed E-state index contributed by atoms with van der Waals surface area (Å²) in [5, 5.41) is 17.1. The number of fused-ring (bicyclic) bond motifs is 1. The Morgan fingerprint density at radius 3 is 2.54 bits per heavy atom. The van der Waals surface area contributed by atoms with E-state index in [4.69, 9.17) is 15.2 Å². The summed E-state index contributed by atoms with van der Waals surface area (Å²) in [6, 6.07) is 18.0. The summed E-state index contributed by atoms with van der Waals surface area (Å²) in [6.45, 7) is 4.57. The van der Waals surface area contributed by atoms with Crippen LogP contribution in [-0.4, -0.2) is 16.8 Å². The van der Waals surface area contributed by atoms with Crippen molar-refractivity contribution in [3.8, 4) is 29.0 Å². The smallest absolute Gasteiger partial charge is 0.244 e. The minimum atomic E-state index is -0.375. The summed E-state index contributed by atoms with van der Waals surface area (Å²) in [5.41, 5.74) is 11.1. The Bertz CT molecular complexity index is 1070. The lowest BCUT2D eigenvalue weighted by Crippen LogP contribution is -2.21. The van der Waals surface area contributed by atoms with Crippen molar-refractivity contribution in [2.45, 2.75) is 19.8 Å². The van der Waals surface area contributed by atoms with Crippen LogP contribution in [0.5, 0.6) is 11.6 Å². The number of rotatable bonds is 4. The highest BCUT2D eigenvalue weighted by atomic mass is 16.5. The third-order valence-corrected chi connectivity index (χ3v) is 4.80. The maximum absolute atomic E-state index is 9.77. The number of aromatic amines is 1. The van der Waals surface area contributed by atoms with E-state index in [1.807, 2.05) is 62.4 Å². The second-order valence-electron chi connectivity index (χ2n) is 6.61. The molecule has 0 radical (unpaired) electrons. The Morgan fingerprint density at radius 2 is 1.89 bits per heavy atom. The van der Waals surface area contributed by atoms with E-state index in [0.717, 1.165) is 28.1 Å². The number of allylic oxidation sites excluding steroid dienone is 1. The number of hydrogen-bond acceptors (Lipinski definition) is 5. The maximum atomic E-state index is 9.77. The molecule has 0 saturated carbocycles. The van der Waals surface area contributed by atoms with Crippen molar-refractivity contribution >= 4 is 0 Å². The molecular weight excluding hydrogens is 352 g/mol. The van der Waals surface area contributed by atoms with Gasteiger partial charge in [-0.3, -0.25) is 5.10 Å². The van der Waals surface area contributed by atoms with Crippen molar-refractivity contribution in [1.29, 1.82) is 5.26 Å². The zero-order valence-corrected chi connectivity index (χ0v) is 15.7. The first-order valence-corrected chi connectivity index (χ1v) is 9.08. The van der Waals surface area contributed by atoms with Crippen LogP contribution in [0.2, 0.25) is 0 Å². The number of hydrogen-bond donors (Lipinski definition) is 2. The van der Waals surface area contributed by atoms with Crippen molar-refractivity contribution in [2.75, 3.05) is 6.61 Å². The van der Waals surface area contributed by atoms with E-state index < -0.39 is 0 Å². The molecule has 0 amide bonds. The summed E-state index contributed by atoms with van der Waals surface area (Å²) in [7, 11) is 0. The van der Waals surface area contributed by atoms with Crippen LogP contribution in [0.15, 0.2) is 60.0 Å². The van der Waals surface area contributed by atoms with Gasteiger partial charge in [0.25, 0.3) is 0 Å². The van der Waals surface area contributed by atoms with Crippen molar-refractivity contribution < 1.29 is 9.47 Å². The average Bonchev–Trinajstić information content (AvgIpc) is 3.12. The first-order chi connectivity index (χ1) is 13.6. The Labute approximate surface area is 163 Å². The van der Waals surface area contributed by atoms with E-state index >= 15 is 0 Å². The highest BCUT2D eigenvalue weighted by molar-refractivity contribution is 5.71. The second kappa shape index (κ2) is 7.12. The van der Waals surface area contributed by atoms with Gasteiger partial charge < -0.3 is 15.2 Å². The molecule has 1 aliphatic heterocycles. The van der Waals surface area contributed by atoms with Gasteiger partial charge in [-0.05, 0) is 31.5 Å². The molecule has 1 atom stereocenters. The van der Waals surface area contributed by atoms with Gasteiger partial charge in [0.05, 0.1) is 23.8 Å². The number of nitrogens with two attached hydrogens (primary N) is 1. The van der Waals surface area contributed by atoms with Crippen LogP contribution in [0.4, 0.5) is 0 Å². The molecule has 1 aliphatic rings. The summed E-state index contributed by atoms with van der Waals surface area (Å²) in [4.78, 5) is 0. The molecule has 3 N–H and O–H groups in total. The topological polar surface area (TPSA) is 96.9 Å². The third kappa shape index (κ3) is 2.97. The summed E-state index contributed by atoms with van der Waals surface area (Å²) in [6.07, 6.45) is 0. The van der Waals surface area contributed by atoms with Crippen LogP contribution in [0.25, 0.3) is 11.3 Å². The van der Waals surface area contributed by atoms with E-state index in [1.54, 1.807) is 0 Å². The van der Waals surface area contributed by atoms with Gasteiger partial charge in [-0.1, -0.05) is 42.0 Å². The fraction of sp³-hybridized carbons (Fsp3) is 0.182. The number of ether oxygens (including phenoxy) is 2. The average molecular weight is 372 g/mol. The standard InChI is InChI=1S/C22H20N4O2/c1-3-27-16-10-8-14(9-11-16)18-17(12-23)21(24)28-22-19(18)20(25-26-22)15-6-4-13(2)5-7-15/h4-11,18H,3,24H2,1-2H3,(H,25,26)/t18-/m0/s1. The minimum absolute atomic E-state index is 0.0795. The van der Waals surface area contributed by atoms with Crippen LogP contribution in [-0.2, 0) is 0 Å². The van der Waals surface area contributed by atoms with Gasteiger partial charge in [-0.2, -0.15) is 5.26 Å².